The highest BCUT2D eigenvalue weighted by atomic mass is 19.1. The monoisotopic (exact) mass is 384 g/mol. The minimum Gasteiger partial charge on any atom is -0.494 e. The number of halogens is 1. The summed E-state index contributed by atoms with van der Waals surface area (Å²) in [6, 6.07) is 15.2. The molecule has 6 heteroatoms. The van der Waals surface area contributed by atoms with Gasteiger partial charge in [-0.3, -0.25) is 9.59 Å². The van der Waals surface area contributed by atoms with Crippen LogP contribution in [0.4, 0.5) is 4.39 Å². The fourth-order valence-corrected chi connectivity index (χ4v) is 3.34. The molecule has 0 spiro atoms. The van der Waals surface area contributed by atoms with E-state index in [-0.39, 0.29) is 30.7 Å². The van der Waals surface area contributed by atoms with Gasteiger partial charge in [-0.05, 0) is 49.6 Å². The summed E-state index contributed by atoms with van der Waals surface area (Å²) in [7, 11) is 0. The van der Waals surface area contributed by atoms with Gasteiger partial charge in [0.05, 0.1) is 6.61 Å². The molecular formula is C22H25FN2O3. The van der Waals surface area contributed by atoms with Crippen LogP contribution >= 0.6 is 0 Å². The molecule has 0 unspecified atom stereocenters. The van der Waals surface area contributed by atoms with E-state index in [2.05, 4.69) is 0 Å². The summed E-state index contributed by atoms with van der Waals surface area (Å²) in [6.45, 7) is 3.11. The van der Waals surface area contributed by atoms with Gasteiger partial charge in [0, 0.05) is 13.1 Å². The highest BCUT2D eigenvalue weighted by molar-refractivity contribution is 5.94. The van der Waals surface area contributed by atoms with Crippen molar-refractivity contribution in [2.24, 2.45) is 0 Å². The quantitative estimate of drug-likeness (QED) is 0.657. The molecule has 3 rings (SSSR count). The van der Waals surface area contributed by atoms with Gasteiger partial charge in [0.25, 0.3) is 0 Å². The molecule has 1 atom stereocenters. The lowest BCUT2D eigenvalue weighted by Gasteiger charge is -2.38. The Hall–Kier alpha value is -2.89. The zero-order chi connectivity index (χ0) is 19.9. The molecule has 2 amide bonds. The number of carbonyl (C=O) groups is 2. The first-order valence-corrected chi connectivity index (χ1v) is 9.55. The van der Waals surface area contributed by atoms with Crippen LogP contribution in [0.5, 0.6) is 5.75 Å². The lowest BCUT2D eigenvalue weighted by Crippen LogP contribution is -2.58. The van der Waals surface area contributed by atoms with Crippen LogP contribution in [0.15, 0.2) is 54.6 Å². The molecule has 1 aliphatic heterocycles. The van der Waals surface area contributed by atoms with E-state index in [9.17, 15) is 14.0 Å². The fourth-order valence-electron chi connectivity index (χ4n) is 3.34. The standard InChI is InChI=1S/C22H25FN2O3/c1-17-22(27)24(15-18-8-7-9-19(23)14-18)16-21(26)25(17)12-5-6-13-28-20-10-3-2-4-11-20/h2-4,7-11,14,17H,5-6,12-13,15-16H2,1H3/t17-/m0/s1. The van der Waals surface area contributed by atoms with Crippen molar-refractivity contribution in [3.05, 3.63) is 66.0 Å². The predicted molar refractivity (Wildman–Crippen MR) is 104 cm³/mol. The Kier molecular flexibility index (Phi) is 6.63. The highest BCUT2D eigenvalue weighted by Gasteiger charge is 2.35. The number of ether oxygens (including phenoxy) is 1. The average molecular weight is 384 g/mol. The molecule has 2 aromatic rings. The topological polar surface area (TPSA) is 49.9 Å². The van der Waals surface area contributed by atoms with E-state index < -0.39 is 6.04 Å². The Morgan fingerprint density at radius 1 is 1.07 bits per heavy atom. The molecule has 0 N–H and O–H groups in total. The van der Waals surface area contributed by atoms with Crippen molar-refractivity contribution in [3.63, 3.8) is 0 Å². The molecular weight excluding hydrogens is 359 g/mol. The van der Waals surface area contributed by atoms with Gasteiger partial charge in [-0.25, -0.2) is 4.39 Å². The third-order valence-corrected chi connectivity index (χ3v) is 4.85. The summed E-state index contributed by atoms with van der Waals surface area (Å²) in [6.07, 6.45) is 1.56. The van der Waals surface area contributed by atoms with Crippen LogP contribution in [0.1, 0.15) is 25.3 Å². The highest BCUT2D eigenvalue weighted by Crippen LogP contribution is 2.17. The number of rotatable bonds is 8. The molecule has 1 aliphatic rings. The van der Waals surface area contributed by atoms with Gasteiger partial charge in [-0.2, -0.15) is 0 Å². The van der Waals surface area contributed by atoms with E-state index in [0.29, 0.717) is 18.7 Å². The Morgan fingerprint density at radius 2 is 1.86 bits per heavy atom. The molecule has 0 saturated carbocycles. The van der Waals surface area contributed by atoms with E-state index in [1.165, 1.54) is 17.0 Å². The molecule has 28 heavy (non-hydrogen) atoms. The summed E-state index contributed by atoms with van der Waals surface area (Å²) in [4.78, 5) is 28.3. The van der Waals surface area contributed by atoms with E-state index >= 15 is 0 Å². The minimum atomic E-state index is -0.509. The fraction of sp³-hybridized carbons (Fsp3) is 0.364. The number of piperazine rings is 1. The van der Waals surface area contributed by atoms with Crippen LogP contribution in [-0.4, -0.2) is 47.4 Å². The lowest BCUT2D eigenvalue weighted by atomic mass is 10.1. The molecule has 0 radical (unpaired) electrons. The minimum absolute atomic E-state index is 0.0280. The van der Waals surface area contributed by atoms with Crippen LogP contribution in [0.25, 0.3) is 0 Å². The molecule has 0 aromatic heterocycles. The van der Waals surface area contributed by atoms with Crippen LogP contribution in [0.2, 0.25) is 0 Å². The smallest absolute Gasteiger partial charge is 0.245 e. The van der Waals surface area contributed by atoms with E-state index in [4.69, 9.17) is 4.74 Å². The normalized spacial score (nSPS) is 17.1. The Morgan fingerprint density at radius 3 is 2.61 bits per heavy atom. The van der Waals surface area contributed by atoms with Crippen molar-refractivity contribution in [2.45, 2.75) is 32.4 Å². The van der Waals surface area contributed by atoms with Gasteiger partial charge >= 0.3 is 0 Å². The summed E-state index contributed by atoms with van der Waals surface area (Å²) in [5, 5.41) is 0. The maximum absolute atomic E-state index is 13.4. The van der Waals surface area contributed by atoms with Crippen molar-refractivity contribution >= 4 is 11.8 Å². The largest absolute Gasteiger partial charge is 0.494 e. The van der Waals surface area contributed by atoms with E-state index in [0.717, 1.165) is 18.6 Å². The van der Waals surface area contributed by atoms with Crippen LogP contribution in [0.3, 0.4) is 0 Å². The van der Waals surface area contributed by atoms with Crippen LogP contribution in [-0.2, 0) is 16.1 Å². The third-order valence-electron chi connectivity index (χ3n) is 4.85. The van der Waals surface area contributed by atoms with E-state index in [1.807, 2.05) is 30.3 Å². The van der Waals surface area contributed by atoms with Gasteiger partial charge in [0.1, 0.15) is 24.2 Å². The lowest BCUT2D eigenvalue weighted by molar-refractivity contribution is -0.155. The van der Waals surface area contributed by atoms with E-state index in [1.54, 1.807) is 24.0 Å². The first kappa shape index (κ1) is 19.9. The zero-order valence-electron chi connectivity index (χ0n) is 16.0. The molecule has 0 aliphatic carbocycles. The van der Waals surface area contributed by atoms with Crippen LogP contribution < -0.4 is 4.74 Å². The van der Waals surface area contributed by atoms with Crippen LogP contribution in [0, 0.1) is 5.82 Å². The summed E-state index contributed by atoms with van der Waals surface area (Å²) in [5.74, 6) is 0.297. The Bertz CT molecular complexity index is 812. The number of hydrogen-bond acceptors (Lipinski definition) is 3. The van der Waals surface area contributed by atoms with Crippen molar-refractivity contribution < 1.29 is 18.7 Å². The third kappa shape index (κ3) is 5.09. The Balaban J connectivity index is 1.46. The summed E-state index contributed by atoms with van der Waals surface area (Å²) < 4.78 is 19.0. The Labute approximate surface area is 164 Å². The van der Waals surface area contributed by atoms with Crippen molar-refractivity contribution in [1.29, 1.82) is 0 Å². The molecule has 2 aromatic carbocycles. The van der Waals surface area contributed by atoms with Gasteiger partial charge in [0.2, 0.25) is 11.8 Å². The van der Waals surface area contributed by atoms with Crippen molar-refractivity contribution in [1.82, 2.24) is 9.80 Å². The molecule has 0 bridgehead atoms. The summed E-state index contributed by atoms with van der Waals surface area (Å²) >= 11 is 0. The number of nitrogens with zero attached hydrogens (tertiary/aromatic N) is 2. The van der Waals surface area contributed by atoms with Gasteiger partial charge in [0.15, 0.2) is 0 Å². The number of hydrogen-bond donors (Lipinski definition) is 0. The summed E-state index contributed by atoms with van der Waals surface area (Å²) in [5.41, 5.74) is 0.680. The second-order valence-corrected chi connectivity index (χ2v) is 6.96. The molecule has 1 saturated heterocycles. The van der Waals surface area contributed by atoms with Crippen molar-refractivity contribution in [2.75, 3.05) is 19.7 Å². The second-order valence-electron chi connectivity index (χ2n) is 6.96. The SMILES string of the molecule is C[C@H]1C(=O)N(Cc2cccc(F)c2)CC(=O)N1CCCCOc1ccccc1. The van der Waals surface area contributed by atoms with Gasteiger partial charge in [-0.15, -0.1) is 0 Å². The maximum Gasteiger partial charge on any atom is 0.245 e. The second kappa shape index (κ2) is 9.35. The maximum atomic E-state index is 13.4. The molecule has 148 valence electrons. The number of unbranched alkanes of at least 4 members (excludes halogenated alkanes) is 1. The molecule has 1 fully saturated rings. The number of para-hydroxylation sites is 1. The first-order chi connectivity index (χ1) is 13.5. The first-order valence-electron chi connectivity index (χ1n) is 9.55. The number of amides is 2. The zero-order valence-corrected chi connectivity index (χ0v) is 16.0. The van der Waals surface area contributed by atoms with Crippen molar-refractivity contribution in [3.8, 4) is 5.75 Å². The predicted octanol–water partition coefficient (Wildman–Crippen LogP) is 3.24. The average Bonchev–Trinajstić information content (AvgIpc) is 2.69. The van der Waals surface area contributed by atoms with Gasteiger partial charge in [-0.1, -0.05) is 30.3 Å². The van der Waals surface area contributed by atoms with Gasteiger partial charge < -0.3 is 14.5 Å². The number of benzene rings is 2. The molecule has 5 nitrogen and oxygen atoms in total. The molecule has 1 heterocycles. The number of carbonyl (C=O) groups excluding carboxylic acids is 2.